The van der Waals surface area contributed by atoms with Gasteiger partial charge in [-0.15, -0.1) is 0 Å². The molecule has 1 aliphatic rings. The third-order valence-corrected chi connectivity index (χ3v) is 4.82. The number of pyridine rings is 1. The molecule has 0 bridgehead atoms. The quantitative estimate of drug-likeness (QED) is 0.830. The van der Waals surface area contributed by atoms with Crippen LogP contribution in [0.15, 0.2) is 42.5 Å². The van der Waals surface area contributed by atoms with E-state index in [2.05, 4.69) is 27.4 Å². The molecule has 1 aromatic heterocycles. The summed E-state index contributed by atoms with van der Waals surface area (Å²) in [4.78, 5) is 19.1. The van der Waals surface area contributed by atoms with Crippen molar-refractivity contribution in [1.82, 2.24) is 9.88 Å². The maximum atomic E-state index is 13.0. The molecule has 3 rings (SSSR count). The maximum Gasteiger partial charge on any atom is 0.256 e. The molecule has 0 radical (unpaired) electrons. The number of nitrogens with one attached hydrogen (secondary N) is 2. The van der Waals surface area contributed by atoms with Gasteiger partial charge in [-0.1, -0.05) is 13.0 Å². The second-order valence-corrected chi connectivity index (χ2v) is 6.63. The summed E-state index contributed by atoms with van der Waals surface area (Å²) in [5.74, 6) is 1.21. The number of likely N-dealkylation sites (tertiary alicyclic amines) is 1. The Morgan fingerprint density at radius 2 is 1.85 bits per heavy atom. The molecule has 138 valence electrons. The summed E-state index contributed by atoms with van der Waals surface area (Å²) < 4.78 is 13.0. The van der Waals surface area contributed by atoms with E-state index in [1.165, 1.54) is 37.1 Å². The van der Waals surface area contributed by atoms with E-state index < -0.39 is 0 Å². The van der Waals surface area contributed by atoms with Gasteiger partial charge in [0.15, 0.2) is 0 Å². The zero-order valence-corrected chi connectivity index (χ0v) is 15.0. The number of anilines is 2. The molecule has 1 aliphatic heterocycles. The molecule has 0 atom stereocenters. The predicted molar refractivity (Wildman–Crippen MR) is 102 cm³/mol. The van der Waals surface area contributed by atoms with Crippen molar-refractivity contribution in [2.24, 2.45) is 5.92 Å². The standard InChI is InChI=1S/C20H25FN4O/c1-2-25-12-10-15(11-13-25)14-22-18-4-3-5-19(23-18)24-20(26)16-6-8-17(21)9-7-16/h3-9,15H,2,10-14H2,1H3,(H2,22,23,24,26). The van der Waals surface area contributed by atoms with Crippen molar-refractivity contribution in [2.75, 3.05) is 36.8 Å². The zero-order valence-electron chi connectivity index (χ0n) is 15.0. The molecule has 0 unspecified atom stereocenters. The largest absolute Gasteiger partial charge is 0.370 e. The molecule has 1 fully saturated rings. The highest BCUT2D eigenvalue weighted by molar-refractivity contribution is 6.03. The van der Waals surface area contributed by atoms with Gasteiger partial charge in [-0.25, -0.2) is 9.37 Å². The van der Waals surface area contributed by atoms with E-state index in [9.17, 15) is 9.18 Å². The Bertz CT molecular complexity index is 727. The van der Waals surface area contributed by atoms with Crippen LogP contribution in [0.4, 0.5) is 16.0 Å². The molecular formula is C20H25FN4O. The number of piperidine rings is 1. The third-order valence-electron chi connectivity index (χ3n) is 4.82. The highest BCUT2D eigenvalue weighted by Gasteiger charge is 2.17. The molecule has 2 aromatic rings. The first-order chi connectivity index (χ1) is 12.6. The summed E-state index contributed by atoms with van der Waals surface area (Å²) in [5, 5.41) is 6.13. The van der Waals surface area contributed by atoms with Crippen LogP contribution in [0.5, 0.6) is 0 Å². The van der Waals surface area contributed by atoms with Gasteiger partial charge >= 0.3 is 0 Å². The van der Waals surface area contributed by atoms with Crippen LogP contribution in [0, 0.1) is 11.7 Å². The minimum absolute atomic E-state index is 0.304. The molecule has 2 N–H and O–H groups in total. The predicted octanol–water partition coefficient (Wildman–Crippen LogP) is 3.62. The minimum Gasteiger partial charge on any atom is -0.370 e. The second kappa shape index (κ2) is 8.76. The highest BCUT2D eigenvalue weighted by atomic mass is 19.1. The van der Waals surface area contributed by atoms with E-state index in [0.717, 1.165) is 32.0 Å². The molecule has 1 aromatic carbocycles. The van der Waals surface area contributed by atoms with Crippen molar-refractivity contribution in [3.63, 3.8) is 0 Å². The number of hydrogen-bond acceptors (Lipinski definition) is 4. The van der Waals surface area contributed by atoms with Crippen molar-refractivity contribution in [3.05, 3.63) is 53.8 Å². The monoisotopic (exact) mass is 356 g/mol. The first-order valence-electron chi connectivity index (χ1n) is 9.14. The number of rotatable bonds is 6. The van der Waals surface area contributed by atoms with Crippen molar-refractivity contribution in [2.45, 2.75) is 19.8 Å². The first-order valence-corrected chi connectivity index (χ1v) is 9.14. The average molecular weight is 356 g/mol. The number of amides is 1. The molecule has 26 heavy (non-hydrogen) atoms. The van der Waals surface area contributed by atoms with E-state index in [-0.39, 0.29) is 11.7 Å². The van der Waals surface area contributed by atoms with E-state index >= 15 is 0 Å². The summed E-state index contributed by atoms with van der Waals surface area (Å²) >= 11 is 0. The van der Waals surface area contributed by atoms with E-state index in [0.29, 0.717) is 17.3 Å². The smallest absolute Gasteiger partial charge is 0.256 e. The lowest BCUT2D eigenvalue weighted by Crippen LogP contribution is -2.35. The molecule has 2 heterocycles. The summed E-state index contributed by atoms with van der Waals surface area (Å²) in [6, 6.07) is 10.9. The molecule has 5 nitrogen and oxygen atoms in total. The lowest BCUT2D eigenvalue weighted by atomic mass is 9.97. The molecule has 6 heteroatoms. The molecule has 1 amide bonds. The van der Waals surface area contributed by atoms with E-state index in [1.807, 2.05) is 12.1 Å². The Balaban J connectivity index is 1.53. The molecular weight excluding hydrogens is 331 g/mol. The van der Waals surface area contributed by atoms with Crippen molar-refractivity contribution in [1.29, 1.82) is 0 Å². The van der Waals surface area contributed by atoms with Crippen LogP contribution in [0.25, 0.3) is 0 Å². The third kappa shape index (κ3) is 5.02. The van der Waals surface area contributed by atoms with Gasteiger partial charge in [0.2, 0.25) is 0 Å². The Morgan fingerprint density at radius 1 is 1.15 bits per heavy atom. The SMILES string of the molecule is CCN1CCC(CNc2cccc(NC(=O)c3ccc(F)cc3)n2)CC1. The molecule has 0 aliphatic carbocycles. The lowest BCUT2D eigenvalue weighted by Gasteiger charge is -2.31. The van der Waals surface area contributed by atoms with Crippen LogP contribution in [0.2, 0.25) is 0 Å². The van der Waals surface area contributed by atoms with Crippen molar-refractivity contribution >= 4 is 17.5 Å². The van der Waals surface area contributed by atoms with Gasteiger partial charge in [-0.2, -0.15) is 0 Å². The van der Waals surface area contributed by atoms with Crippen LogP contribution in [0.1, 0.15) is 30.1 Å². The van der Waals surface area contributed by atoms with Crippen LogP contribution in [0.3, 0.4) is 0 Å². The van der Waals surface area contributed by atoms with Gasteiger partial charge in [-0.3, -0.25) is 4.79 Å². The Morgan fingerprint density at radius 3 is 2.54 bits per heavy atom. The van der Waals surface area contributed by atoms with Crippen molar-refractivity contribution < 1.29 is 9.18 Å². The fourth-order valence-corrected chi connectivity index (χ4v) is 3.15. The molecule has 0 saturated carbocycles. The number of carbonyl (C=O) groups is 1. The number of aromatic nitrogens is 1. The first kappa shape index (κ1) is 18.3. The maximum absolute atomic E-state index is 13.0. The Kier molecular flexibility index (Phi) is 6.17. The summed E-state index contributed by atoms with van der Waals surface area (Å²) in [5.41, 5.74) is 0.397. The van der Waals surface area contributed by atoms with Crippen molar-refractivity contribution in [3.8, 4) is 0 Å². The normalized spacial score (nSPS) is 15.6. The summed E-state index contributed by atoms with van der Waals surface area (Å²) in [7, 11) is 0. The zero-order chi connectivity index (χ0) is 18.4. The fraction of sp³-hybridized carbons (Fsp3) is 0.400. The average Bonchev–Trinajstić information content (AvgIpc) is 2.67. The van der Waals surface area contributed by atoms with E-state index in [1.54, 1.807) is 6.07 Å². The Labute approximate surface area is 153 Å². The minimum atomic E-state index is -0.365. The summed E-state index contributed by atoms with van der Waals surface area (Å²) in [6.07, 6.45) is 2.39. The summed E-state index contributed by atoms with van der Waals surface area (Å²) in [6.45, 7) is 6.53. The fourth-order valence-electron chi connectivity index (χ4n) is 3.15. The highest BCUT2D eigenvalue weighted by Crippen LogP contribution is 2.18. The van der Waals surface area contributed by atoms with Crippen LogP contribution in [-0.4, -0.2) is 42.0 Å². The van der Waals surface area contributed by atoms with Gasteiger partial charge in [0.05, 0.1) is 0 Å². The van der Waals surface area contributed by atoms with Crippen LogP contribution < -0.4 is 10.6 Å². The van der Waals surface area contributed by atoms with E-state index in [4.69, 9.17) is 0 Å². The number of hydrogen-bond donors (Lipinski definition) is 2. The Hall–Kier alpha value is -2.47. The number of halogens is 1. The second-order valence-electron chi connectivity index (χ2n) is 6.63. The molecule has 0 spiro atoms. The van der Waals surface area contributed by atoms with Gasteiger partial charge in [0.25, 0.3) is 5.91 Å². The number of carbonyl (C=O) groups excluding carboxylic acids is 1. The number of benzene rings is 1. The molecule has 1 saturated heterocycles. The van der Waals surface area contributed by atoms with Gasteiger partial charge in [-0.05, 0) is 74.8 Å². The van der Waals surface area contributed by atoms with Gasteiger partial charge in [0, 0.05) is 12.1 Å². The van der Waals surface area contributed by atoms with Crippen LogP contribution >= 0.6 is 0 Å². The number of nitrogens with zero attached hydrogens (tertiary/aromatic N) is 2. The topological polar surface area (TPSA) is 57.3 Å². The van der Waals surface area contributed by atoms with Gasteiger partial charge < -0.3 is 15.5 Å². The van der Waals surface area contributed by atoms with Crippen LogP contribution in [-0.2, 0) is 0 Å². The van der Waals surface area contributed by atoms with Gasteiger partial charge in [0.1, 0.15) is 17.5 Å². The lowest BCUT2D eigenvalue weighted by molar-refractivity contribution is 0.102.